The van der Waals surface area contributed by atoms with Crippen LogP contribution < -0.4 is 5.32 Å². The fourth-order valence-electron chi connectivity index (χ4n) is 3.13. The summed E-state index contributed by atoms with van der Waals surface area (Å²) >= 11 is 6.71. The van der Waals surface area contributed by atoms with Gasteiger partial charge in [0.25, 0.3) is 5.91 Å². The van der Waals surface area contributed by atoms with Crippen LogP contribution in [0.4, 0.5) is 5.69 Å². The molecule has 0 unspecified atom stereocenters. The van der Waals surface area contributed by atoms with Crippen LogP contribution in [-0.4, -0.2) is 27.6 Å². The molecule has 0 radical (unpaired) electrons. The van der Waals surface area contributed by atoms with Crippen LogP contribution in [0.5, 0.6) is 0 Å². The normalized spacial score (nSPS) is 15.2. The van der Waals surface area contributed by atoms with Crippen LogP contribution in [0.2, 0.25) is 0 Å². The Labute approximate surface area is 187 Å². The van der Waals surface area contributed by atoms with Gasteiger partial charge in [-0.2, -0.15) is 0 Å². The Morgan fingerprint density at radius 2 is 1.87 bits per heavy atom. The first-order chi connectivity index (χ1) is 14.4. The fourth-order valence-corrected chi connectivity index (χ4v) is 4.44. The monoisotopic (exact) mass is 438 g/mol. The number of thiocarbonyl (C=S) groups is 1. The third-order valence-corrected chi connectivity index (χ3v) is 6.51. The van der Waals surface area contributed by atoms with Crippen molar-refractivity contribution < 1.29 is 9.59 Å². The molecule has 1 fully saturated rings. The van der Waals surface area contributed by atoms with Gasteiger partial charge in [-0.05, 0) is 67.2 Å². The van der Waals surface area contributed by atoms with E-state index in [4.69, 9.17) is 12.2 Å². The predicted octanol–water partition coefficient (Wildman–Crippen LogP) is 5.49. The van der Waals surface area contributed by atoms with Crippen LogP contribution in [0.25, 0.3) is 6.08 Å². The summed E-state index contributed by atoms with van der Waals surface area (Å²) in [6, 6.07) is 14.0. The van der Waals surface area contributed by atoms with E-state index in [0.717, 1.165) is 23.2 Å². The minimum Gasteiger partial charge on any atom is -0.326 e. The lowest BCUT2D eigenvalue weighted by atomic mass is 10.1. The molecule has 3 rings (SSSR count). The number of amides is 2. The van der Waals surface area contributed by atoms with E-state index in [1.54, 1.807) is 4.90 Å². The summed E-state index contributed by atoms with van der Waals surface area (Å²) < 4.78 is 0.547. The van der Waals surface area contributed by atoms with Crippen LogP contribution in [-0.2, 0) is 16.0 Å². The summed E-state index contributed by atoms with van der Waals surface area (Å²) in [5.74, 6) is -0.144. The first-order valence-corrected chi connectivity index (χ1v) is 11.3. The molecule has 0 saturated carbocycles. The lowest BCUT2D eigenvalue weighted by molar-refractivity contribution is -0.122. The van der Waals surface area contributed by atoms with E-state index in [-0.39, 0.29) is 11.8 Å². The van der Waals surface area contributed by atoms with Crippen molar-refractivity contribution in [2.45, 2.75) is 40.0 Å². The lowest BCUT2D eigenvalue weighted by Gasteiger charge is -2.14. The zero-order valence-electron chi connectivity index (χ0n) is 17.5. The molecule has 0 spiro atoms. The van der Waals surface area contributed by atoms with Crippen LogP contribution in [0.15, 0.2) is 47.4 Å². The number of carbonyl (C=O) groups is 2. The summed E-state index contributed by atoms with van der Waals surface area (Å²) in [6.45, 7) is 6.61. The van der Waals surface area contributed by atoms with E-state index in [9.17, 15) is 9.59 Å². The summed E-state index contributed by atoms with van der Waals surface area (Å²) in [6.07, 6.45) is 3.76. The third-order valence-electron chi connectivity index (χ3n) is 5.14. The molecule has 1 heterocycles. The SMILES string of the molecule is CCc1ccc(/C=C2/SC(=S)N(CCCC(=O)Nc3ccc(C)c(C)c3)C2=O)cc1. The topological polar surface area (TPSA) is 49.4 Å². The van der Waals surface area contributed by atoms with Crippen LogP contribution >= 0.6 is 24.0 Å². The minimum absolute atomic E-state index is 0.0600. The van der Waals surface area contributed by atoms with Gasteiger partial charge < -0.3 is 5.32 Å². The Balaban J connectivity index is 1.53. The second-order valence-electron chi connectivity index (χ2n) is 7.38. The van der Waals surface area contributed by atoms with E-state index < -0.39 is 0 Å². The third kappa shape index (κ3) is 5.58. The minimum atomic E-state index is -0.0841. The van der Waals surface area contributed by atoms with Crippen molar-refractivity contribution in [3.8, 4) is 0 Å². The van der Waals surface area contributed by atoms with Crippen molar-refractivity contribution in [1.82, 2.24) is 4.90 Å². The molecule has 156 valence electrons. The predicted molar refractivity (Wildman–Crippen MR) is 129 cm³/mol. The molecule has 1 aliphatic heterocycles. The second kappa shape index (κ2) is 10.0. The van der Waals surface area contributed by atoms with Crippen molar-refractivity contribution in [2.75, 3.05) is 11.9 Å². The average molecular weight is 439 g/mol. The number of benzene rings is 2. The molecule has 0 aliphatic carbocycles. The Bertz CT molecular complexity index is 997. The number of rotatable bonds is 7. The van der Waals surface area contributed by atoms with Gasteiger partial charge in [0.15, 0.2) is 0 Å². The Morgan fingerprint density at radius 1 is 1.13 bits per heavy atom. The zero-order chi connectivity index (χ0) is 21.7. The molecule has 0 bridgehead atoms. The molecule has 1 aliphatic rings. The summed E-state index contributed by atoms with van der Waals surface area (Å²) in [4.78, 5) is 27.2. The lowest BCUT2D eigenvalue weighted by Crippen LogP contribution is -2.29. The number of anilines is 1. The summed E-state index contributed by atoms with van der Waals surface area (Å²) in [5.41, 5.74) is 5.38. The molecule has 2 aromatic carbocycles. The molecule has 0 aromatic heterocycles. The molecule has 2 aromatic rings. The number of hydrogen-bond donors (Lipinski definition) is 1. The van der Waals surface area contributed by atoms with Gasteiger partial charge in [0.1, 0.15) is 4.32 Å². The van der Waals surface area contributed by atoms with E-state index in [1.165, 1.54) is 22.9 Å². The van der Waals surface area contributed by atoms with Gasteiger partial charge in [-0.15, -0.1) is 0 Å². The molecule has 1 saturated heterocycles. The molecule has 6 heteroatoms. The molecule has 4 nitrogen and oxygen atoms in total. The van der Waals surface area contributed by atoms with Gasteiger partial charge >= 0.3 is 0 Å². The van der Waals surface area contributed by atoms with Gasteiger partial charge in [-0.3, -0.25) is 14.5 Å². The summed E-state index contributed by atoms with van der Waals surface area (Å²) in [7, 11) is 0. The van der Waals surface area contributed by atoms with Crippen molar-refractivity contribution in [3.05, 3.63) is 69.6 Å². The van der Waals surface area contributed by atoms with Gasteiger partial charge in [0, 0.05) is 18.7 Å². The maximum Gasteiger partial charge on any atom is 0.266 e. The molecular formula is C24H26N2O2S2. The average Bonchev–Trinajstić information content (AvgIpc) is 2.98. The molecule has 2 amide bonds. The number of nitrogens with zero attached hydrogens (tertiary/aromatic N) is 1. The summed E-state index contributed by atoms with van der Waals surface area (Å²) in [5, 5.41) is 2.92. The maximum atomic E-state index is 12.7. The number of hydrogen-bond acceptors (Lipinski definition) is 4. The van der Waals surface area contributed by atoms with Gasteiger partial charge in [0.2, 0.25) is 5.91 Å². The highest BCUT2D eigenvalue weighted by molar-refractivity contribution is 8.26. The highest BCUT2D eigenvalue weighted by Crippen LogP contribution is 2.32. The maximum absolute atomic E-state index is 12.7. The number of nitrogens with one attached hydrogen (secondary N) is 1. The molecule has 30 heavy (non-hydrogen) atoms. The van der Waals surface area contributed by atoms with Gasteiger partial charge in [-0.1, -0.05) is 61.2 Å². The number of aryl methyl sites for hydroxylation is 3. The first-order valence-electron chi connectivity index (χ1n) is 10.1. The van der Waals surface area contributed by atoms with Crippen molar-refractivity contribution in [1.29, 1.82) is 0 Å². The quantitative estimate of drug-likeness (QED) is 0.459. The fraction of sp³-hybridized carbons (Fsp3) is 0.292. The van der Waals surface area contributed by atoms with Crippen LogP contribution in [0.3, 0.4) is 0 Å². The first kappa shape index (κ1) is 22.2. The van der Waals surface area contributed by atoms with Crippen LogP contribution in [0, 0.1) is 13.8 Å². The number of carbonyl (C=O) groups excluding carboxylic acids is 2. The highest BCUT2D eigenvalue weighted by Gasteiger charge is 2.31. The molecule has 0 atom stereocenters. The molecule has 1 N–H and O–H groups in total. The van der Waals surface area contributed by atoms with E-state index >= 15 is 0 Å². The standard InChI is InChI=1S/C24H26N2O2S2/c1-4-18-8-10-19(11-9-18)15-21-23(28)26(24(29)30-21)13-5-6-22(27)25-20-12-7-16(2)17(3)14-20/h7-12,14-15H,4-6,13H2,1-3H3,(H,25,27)/b21-15+. The van der Waals surface area contributed by atoms with Gasteiger partial charge in [0.05, 0.1) is 4.91 Å². The number of thioether (sulfide) groups is 1. The Morgan fingerprint density at radius 3 is 2.53 bits per heavy atom. The van der Waals surface area contributed by atoms with Crippen molar-refractivity contribution in [2.24, 2.45) is 0 Å². The van der Waals surface area contributed by atoms with Gasteiger partial charge in [-0.25, -0.2) is 0 Å². The zero-order valence-corrected chi connectivity index (χ0v) is 19.2. The molecular weight excluding hydrogens is 412 g/mol. The smallest absolute Gasteiger partial charge is 0.266 e. The van der Waals surface area contributed by atoms with E-state index in [1.807, 2.05) is 50.3 Å². The van der Waals surface area contributed by atoms with Crippen molar-refractivity contribution >= 4 is 51.9 Å². The van der Waals surface area contributed by atoms with Crippen molar-refractivity contribution in [3.63, 3.8) is 0 Å². The Hall–Kier alpha value is -2.44. The van der Waals surface area contributed by atoms with Crippen LogP contribution in [0.1, 0.15) is 42.0 Å². The van der Waals surface area contributed by atoms with E-state index in [2.05, 4.69) is 24.4 Å². The van der Waals surface area contributed by atoms with E-state index in [0.29, 0.717) is 28.6 Å². The largest absolute Gasteiger partial charge is 0.326 e. The highest BCUT2D eigenvalue weighted by atomic mass is 32.2. The Kier molecular flexibility index (Phi) is 7.45. The second-order valence-corrected chi connectivity index (χ2v) is 9.06.